The molecule has 2 rings (SSSR count). The van der Waals surface area contributed by atoms with E-state index in [1.807, 2.05) is 13.8 Å². The number of rotatable bonds is 9. The Kier molecular flexibility index (Phi) is 9.08. The van der Waals surface area contributed by atoms with E-state index in [1.54, 1.807) is 0 Å². The van der Waals surface area contributed by atoms with Crippen molar-refractivity contribution in [1.29, 1.82) is 0 Å². The molecule has 0 amide bonds. The summed E-state index contributed by atoms with van der Waals surface area (Å²) in [5.41, 5.74) is 1.91. The molecule has 3 N–H and O–H groups in total. The van der Waals surface area contributed by atoms with Crippen molar-refractivity contribution in [3.05, 3.63) is 35.4 Å². The first-order valence-corrected chi connectivity index (χ1v) is 10.6. The van der Waals surface area contributed by atoms with E-state index >= 15 is 0 Å². The normalized spacial score (nSPS) is 16.4. The first kappa shape index (κ1) is 21.7. The molecule has 5 nitrogen and oxygen atoms in total. The zero-order valence-corrected chi connectivity index (χ0v) is 17.4. The Morgan fingerprint density at radius 3 is 2.22 bits per heavy atom. The van der Waals surface area contributed by atoms with Crippen molar-refractivity contribution in [1.82, 2.24) is 15.5 Å². The molecule has 0 aromatic heterocycles. The van der Waals surface area contributed by atoms with Gasteiger partial charge in [0.25, 0.3) is 0 Å². The maximum Gasteiger partial charge on any atom is 0.191 e. The Balaban J connectivity index is 1.88. The largest absolute Gasteiger partial charge is 0.388 e. The molecule has 1 fully saturated rings. The lowest BCUT2D eigenvalue weighted by Crippen LogP contribution is -2.46. The van der Waals surface area contributed by atoms with Crippen LogP contribution in [0.5, 0.6) is 0 Å². The van der Waals surface area contributed by atoms with E-state index < -0.39 is 5.60 Å². The lowest BCUT2D eigenvalue weighted by Gasteiger charge is -2.26. The van der Waals surface area contributed by atoms with Gasteiger partial charge in [0.2, 0.25) is 0 Å². The van der Waals surface area contributed by atoms with Crippen LogP contribution in [0, 0.1) is 0 Å². The Morgan fingerprint density at radius 2 is 1.63 bits per heavy atom. The number of hydrogen-bond donors (Lipinski definition) is 3. The molecule has 27 heavy (non-hydrogen) atoms. The summed E-state index contributed by atoms with van der Waals surface area (Å²) in [4.78, 5) is 7.22. The fourth-order valence-electron chi connectivity index (χ4n) is 3.39. The monoisotopic (exact) mass is 374 g/mol. The molecule has 152 valence electrons. The van der Waals surface area contributed by atoms with Gasteiger partial charge in [-0.1, -0.05) is 44.5 Å². The van der Waals surface area contributed by atoms with Gasteiger partial charge >= 0.3 is 0 Å². The summed E-state index contributed by atoms with van der Waals surface area (Å²) in [7, 11) is 0. The number of piperidine rings is 1. The average molecular weight is 375 g/mol. The van der Waals surface area contributed by atoms with Crippen LogP contribution in [0.1, 0.15) is 64.0 Å². The lowest BCUT2D eigenvalue weighted by atomic mass is 9.98. The van der Waals surface area contributed by atoms with Gasteiger partial charge < -0.3 is 15.7 Å². The van der Waals surface area contributed by atoms with E-state index in [0.717, 1.165) is 31.9 Å². The molecule has 1 aromatic rings. The topological polar surface area (TPSA) is 59.9 Å². The third-order valence-electron chi connectivity index (χ3n) is 5.54. The van der Waals surface area contributed by atoms with Gasteiger partial charge in [0.05, 0.1) is 12.1 Å². The molecular weight excluding hydrogens is 336 g/mol. The SMILES string of the molecule is CCNC(=NCc1ccc(CN2CCCCC2)cc1)NCC(O)(CC)CC. The molecule has 1 aliphatic heterocycles. The highest BCUT2D eigenvalue weighted by molar-refractivity contribution is 5.79. The molecule has 1 saturated heterocycles. The van der Waals surface area contributed by atoms with Crippen molar-refractivity contribution in [3.63, 3.8) is 0 Å². The summed E-state index contributed by atoms with van der Waals surface area (Å²) in [5, 5.41) is 17.0. The van der Waals surface area contributed by atoms with Crippen LogP contribution in [-0.2, 0) is 13.1 Å². The van der Waals surface area contributed by atoms with E-state index in [-0.39, 0.29) is 0 Å². The van der Waals surface area contributed by atoms with E-state index in [2.05, 4.69) is 51.7 Å². The van der Waals surface area contributed by atoms with Crippen LogP contribution in [0.4, 0.5) is 0 Å². The summed E-state index contributed by atoms with van der Waals surface area (Å²) < 4.78 is 0. The predicted octanol–water partition coefficient (Wildman–Crippen LogP) is 3.28. The molecule has 0 unspecified atom stereocenters. The van der Waals surface area contributed by atoms with Crippen molar-refractivity contribution in [2.24, 2.45) is 4.99 Å². The van der Waals surface area contributed by atoms with Crippen LogP contribution in [0.3, 0.4) is 0 Å². The zero-order chi connectivity index (χ0) is 19.5. The maximum atomic E-state index is 10.4. The van der Waals surface area contributed by atoms with E-state index in [0.29, 0.717) is 13.1 Å². The molecule has 5 heteroatoms. The van der Waals surface area contributed by atoms with Gasteiger partial charge in [-0.05, 0) is 56.8 Å². The zero-order valence-electron chi connectivity index (χ0n) is 17.4. The molecule has 1 aliphatic rings. The number of nitrogens with zero attached hydrogens (tertiary/aromatic N) is 2. The highest BCUT2D eigenvalue weighted by atomic mass is 16.3. The van der Waals surface area contributed by atoms with Crippen molar-refractivity contribution in [3.8, 4) is 0 Å². The van der Waals surface area contributed by atoms with Crippen molar-refractivity contribution < 1.29 is 5.11 Å². The highest BCUT2D eigenvalue weighted by Crippen LogP contribution is 2.14. The smallest absolute Gasteiger partial charge is 0.191 e. The number of benzene rings is 1. The fourth-order valence-corrected chi connectivity index (χ4v) is 3.39. The molecular formula is C22H38N4O. The van der Waals surface area contributed by atoms with E-state index in [9.17, 15) is 5.11 Å². The molecule has 0 aliphatic carbocycles. The Bertz CT molecular complexity index is 560. The molecule has 0 spiro atoms. The standard InChI is InChI=1S/C22H38N4O/c1-4-22(27,5-2)18-25-21(23-6-3)24-16-19-10-12-20(13-11-19)17-26-14-8-7-9-15-26/h10-13,27H,4-9,14-18H2,1-3H3,(H2,23,24,25). The van der Waals surface area contributed by atoms with Gasteiger partial charge in [0.15, 0.2) is 5.96 Å². The quantitative estimate of drug-likeness (QED) is 0.459. The molecule has 1 heterocycles. The second kappa shape index (κ2) is 11.3. The van der Waals surface area contributed by atoms with Crippen LogP contribution in [0.15, 0.2) is 29.3 Å². The van der Waals surface area contributed by atoms with Crippen LogP contribution < -0.4 is 10.6 Å². The van der Waals surface area contributed by atoms with Gasteiger partial charge in [-0.25, -0.2) is 4.99 Å². The Hall–Kier alpha value is -1.59. The van der Waals surface area contributed by atoms with Crippen molar-refractivity contribution in [2.45, 2.75) is 71.6 Å². The average Bonchev–Trinajstić information content (AvgIpc) is 2.71. The number of aliphatic hydroxyl groups is 1. The minimum absolute atomic E-state index is 0.514. The van der Waals surface area contributed by atoms with Crippen LogP contribution >= 0.6 is 0 Å². The third-order valence-corrected chi connectivity index (χ3v) is 5.54. The summed E-state index contributed by atoms with van der Waals surface area (Å²) >= 11 is 0. The third kappa shape index (κ3) is 7.51. The van der Waals surface area contributed by atoms with Gasteiger partial charge in [0.1, 0.15) is 0 Å². The second-order valence-corrected chi connectivity index (χ2v) is 7.63. The number of hydrogen-bond acceptors (Lipinski definition) is 3. The number of likely N-dealkylation sites (tertiary alicyclic amines) is 1. The summed E-state index contributed by atoms with van der Waals surface area (Å²) in [6, 6.07) is 8.82. The van der Waals surface area contributed by atoms with E-state index in [4.69, 9.17) is 0 Å². The van der Waals surface area contributed by atoms with Gasteiger partial charge in [-0.15, -0.1) is 0 Å². The molecule has 0 bridgehead atoms. The van der Waals surface area contributed by atoms with E-state index in [1.165, 1.54) is 43.5 Å². The predicted molar refractivity (Wildman–Crippen MR) is 114 cm³/mol. The van der Waals surface area contributed by atoms with Gasteiger partial charge in [-0.2, -0.15) is 0 Å². The first-order chi connectivity index (χ1) is 13.1. The maximum absolute atomic E-state index is 10.4. The number of guanidine groups is 1. The Morgan fingerprint density at radius 1 is 1.00 bits per heavy atom. The van der Waals surface area contributed by atoms with Crippen LogP contribution in [-0.4, -0.2) is 47.7 Å². The number of nitrogens with one attached hydrogen (secondary N) is 2. The minimum atomic E-state index is -0.674. The molecule has 0 saturated carbocycles. The van der Waals surface area contributed by atoms with Crippen LogP contribution in [0.2, 0.25) is 0 Å². The summed E-state index contributed by atoms with van der Waals surface area (Å²) in [6.07, 6.45) is 5.50. The summed E-state index contributed by atoms with van der Waals surface area (Å²) in [5.74, 6) is 0.759. The first-order valence-electron chi connectivity index (χ1n) is 10.6. The van der Waals surface area contributed by atoms with Gasteiger partial charge in [-0.3, -0.25) is 4.90 Å². The van der Waals surface area contributed by atoms with Crippen molar-refractivity contribution in [2.75, 3.05) is 26.2 Å². The fraction of sp³-hybridized carbons (Fsp3) is 0.682. The minimum Gasteiger partial charge on any atom is -0.388 e. The lowest BCUT2D eigenvalue weighted by molar-refractivity contribution is 0.0367. The highest BCUT2D eigenvalue weighted by Gasteiger charge is 2.22. The molecule has 1 aromatic carbocycles. The molecule has 0 radical (unpaired) electrons. The summed E-state index contributed by atoms with van der Waals surface area (Å²) in [6.45, 7) is 11.5. The van der Waals surface area contributed by atoms with Crippen molar-refractivity contribution >= 4 is 5.96 Å². The Labute approximate surface area is 165 Å². The van der Waals surface area contributed by atoms with Crippen LogP contribution in [0.25, 0.3) is 0 Å². The number of aliphatic imine (C=N–C) groups is 1. The molecule has 0 atom stereocenters. The second-order valence-electron chi connectivity index (χ2n) is 7.63. The van der Waals surface area contributed by atoms with Gasteiger partial charge in [0, 0.05) is 19.6 Å².